The molecule has 22 heavy (non-hydrogen) atoms. The molecule has 2 heterocycles. The highest BCUT2D eigenvalue weighted by Crippen LogP contribution is 2.39. The molecule has 0 unspecified atom stereocenters. The Morgan fingerprint density at radius 3 is 2.27 bits per heavy atom. The molecule has 1 heteroatoms. The summed E-state index contributed by atoms with van der Waals surface area (Å²) in [4.78, 5) is 0. The molecule has 0 bridgehead atoms. The van der Waals surface area contributed by atoms with Gasteiger partial charge in [-0.2, -0.15) is 0 Å². The first kappa shape index (κ1) is 13.9. The largest absolute Gasteiger partial charge is 0.316 e. The van der Waals surface area contributed by atoms with Gasteiger partial charge in [-0.3, -0.25) is 0 Å². The Hall–Kier alpha value is -1.76. The lowest BCUT2D eigenvalue weighted by Gasteiger charge is -2.15. The van der Waals surface area contributed by atoms with Crippen LogP contribution >= 0.6 is 0 Å². The monoisotopic (exact) mass is 291 g/mol. The third-order valence-electron chi connectivity index (χ3n) is 5.29. The van der Waals surface area contributed by atoms with Gasteiger partial charge in [-0.05, 0) is 87.1 Å². The zero-order valence-corrected chi connectivity index (χ0v) is 13.6. The van der Waals surface area contributed by atoms with Crippen molar-refractivity contribution in [3.8, 4) is 0 Å². The van der Waals surface area contributed by atoms with E-state index in [1.807, 2.05) is 0 Å². The highest BCUT2D eigenvalue weighted by molar-refractivity contribution is 5.87. The quantitative estimate of drug-likeness (QED) is 0.624. The number of allylic oxidation sites excluding steroid dienone is 4. The predicted molar refractivity (Wildman–Crippen MR) is 95.0 cm³/mol. The summed E-state index contributed by atoms with van der Waals surface area (Å²) in [6.45, 7) is 2.34. The second-order valence-electron chi connectivity index (χ2n) is 6.75. The van der Waals surface area contributed by atoms with E-state index >= 15 is 0 Å². The van der Waals surface area contributed by atoms with Crippen LogP contribution in [-0.4, -0.2) is 4.40 Å². The van der Waals surface area contributed by atoms with Crippen molar-refractivity contribution >= 4 is 16.7 Å². The molecule has 2 aliphatic carbocycles. The van der Waals surface area contributed by atoms with Gasteiger partial charge in [-0.25, -0.2) is 0 Å². The molecule has 0 saturated carbocycles. The van der Waals surface area contributed by atoms with Gasteiger partial charge >= 0.3 is 0 Å². The molecule has 0 fully saturated rings. The minimum atomic E-state index is 1.24. The van der Waals surface area contributed by atoms with Crippen LogP contribution in [0.1, 0.15) is 68.2 Å². The maximum atomic E-state index is 2.48. The van der Waals surface area contributed by atoms with Gasteiger partial charge in [-0.15, -0.1) is 0 Å². The Morgan fingerprint density at radius 2 is 1.59 bits per heavy atom. The first-order chi connectivity index (χ1) is 10.9. The molecule has 0 N–H and O–H groups in total. The summed E-state index contributed by atoms with van der Waals surface area (Å²) in [6, 6.07) is 6.64. The van der Waals surface area contributed by atoms with Gasteiger partial charge < -0.3 is 4.40 Å². The van der Waals surface area contributed by atoms with Gasteiger partial charge in [0.25, 0.3) is 0 Å². The van der Waals surface area contributed by atoms with Gasteiger partial charge in [0.2, 0.25) is 0 Å². The Labute approximate surface area is 133 Å². The fourth-order valence-corrected chi connectivity index (χ4v) is 4.25. The van der Waals surface area contributed by atoms with Crippen LogP contribution in [0.25, 0.3) is 16.7 Å². The van der Waals surface area contributed by atoms with Gasteiger partial charge in [0.15, 0.2) is 0 Å². The number of hydrogen-bond donors (Lipinski definition) is 0. The highest BCUT2D eigenvalue weighted by Gasteiger charge is 2.21. The fraction of sp³-hybridized carbons (Fsp3) is 0.429. The molecular weight excluding hydrogens is 266 g/mol. The lowest BCUT2D eigenvalue weighted by atomic mass is 9.90. The normalized spacial score (nSPS) is 19.1. The first-order valence-electron chi connectivity index (χ1n) is 8.85. The van der Waals surface area contributed by atoms with Crippen LogP contribution < -0.4 is 0 Å². The van der Waals surface area contributed by atoms with E-state index in [1.54, 1.807) is 11.1 Å². The van der Waals surface area contributed by atoms with Gasteiger partial charge in [-0.1, -0.05) is 18.2 Å². The Morgan fingerprint density at radius 1 is 0.864 bits per heavy atom. The topological polar surface area (TPSA) is 4.41 Å². The molecule has 4 rings (SSSR count). The zero-order chi connectivity index (χ0) is 14.9. The highest BCUT2D eigenvalue weighted by atomic mass is 14.9. The zero-order valence-electron chi connectivity index (χ0n) is 13.6. The van der Waals surface area contributed by atoms with Crippen LogP contribution in [0.4, 0.5) is 0 Å². The first-order valence-corrected chi connectivity index (χ1v) is 8.85. The van der Waals surface area contributed by atoms with Crippen molar-refractivity contribution in [1.29, 1.82) is 0 Å². The van der Waals surface area contributed by atoms with E-state index in [2.05, 4.69) is 47.9 Å². The van der Waals surface area contributed by atoms with Crippen molar-refractivity contribution in [2.24, 2.45) is 0 Å². The van der Waals surface area contributed by atoms with Crippen LogP contribution in [0.2, 0.25) is 0 Å². The SMILES string of the molecule is Cc1c(C2=CCCCC2)c2ccccn2c1C1=CCCCC1. The fourth-order valence-electron chi connectivity index (χ4n) is 4.25. The van der Waals surface area contributed by atoms with E-state index in [9.17, 15) is 0 Å². The molecule has 0 atom stereocenters. The van der Waals surface area contributed by atoms with Crippen LogP contribution in [0.5, 0.6) is 0 Å². The van der Waals surface area contributed by atoms with Crippen LogP contribution in [0.15, 0.2) is 36.5 Å². The number of fused-ring (bicyclic) bond motifs is 1. The summed E-state index contributed by atoms with van der Waals surface area (Å²) in [7, 11) is 0. The molecule has 2 aliphatic rings. The molecule has 0 aliphatic heterocycles. The maximum absolute atomic E-state index is 2.48. The molecule has 114 valence electrons. The molecule has 2 aromatic heterocycles. The Bertz CT molecular complexity index is 695. The maximum Gasteiger partial charge on any atom is 0.0534 e. The molecule has 0 radical (unpaired) electrons. The second kappa shape index (κ2) is 5.79. The van der Waals surface area contributed by atoms with E-state index in [0.717, 1.165) is 0 Å². The second-order valence-corrected chi connectivity index (χ2v) is 6.75. The minimum absolute atomic E-state index is 1.24. The summed E-state index contributed by atoms with van der Waals surface area (Å²) in [5.41, 5.74) is 9.02. The van der Waals surface area contributed by atoms with Gasteiger partial charge in [0, 0.05) is 11.8 Å². The number of rotatable bonds is 2. The van der Waals surface area contributed by atoms with E-state index < -0.39 is 0 Å². The smallest absolute Gasteiger partial charge is 0.0534 e. The Kier molecular flexibility index (Phi) is 3.65. The van der Waals surface area contributed by atoms with Crippen molar-refractivity contribution in [3.05, 3.63) is 53.4 Å². The average Bonchev–Trinajstić information content (AvgIpc) is 2.88. The number of hydrogen-bond acceptors (Lipinski definition) is 0. The molecule has 2 aromatic rings. The van der Waals surface area contributed by atoms with Crippen molar-refractivity contribution < 1.29 is 0 Å². The van der Waals surface area contributed by atoms with Crippen LogP contribution in [0, 0.1) is 6.92 Å². The molecule has 0 aromatic carbocycles. The minimum Gasteiger partial charge on any atom is -0.316 e. The summed E-state index contributed by atoms with van der Waals surface area (Å²) >= 11 is 0. The standard InChI is InChI=1S/C21H25N/c1-16-20(17-10-4-2-5-11-17)19-14-8-9-15-22(19)21(16)18-12-6-3-7-13-18/h8-10,12,14-15H,2-7,11,13H2,1H3. The van der Waals surface area contributed by atoms with Crippen molar-refractivity contribution in [1.82, 2.24) is 4.40 Å². The molecular formula is C21H25N. The third kappa shape index (κ3) is 2.24. The summed E-state index contributed by atoms with van der Waals surface area (Å²) in [5.74, 6) is 0. The number of aromatic nitrogens is 1. The van der Waals surface area contributed by atoms with Gasteiger partial charge in [0.05, 0.1) is 11.2 Å². The van der Waals surface area contributed by atoms with Crippen molar-refractivity contribution in [2.45, 2.75) is 58.3 Å². The van der Waals surface area contributed by atoms with E-state index in [0.29, 0.717) is 0 Å². The number of pyridine rings is 1. The molecule has 0 saturated heterocycles. The molecule has 0 amide bonds. The molecule has 0 spiro atoms. The third-order valence-corrected chi connectivity index (χ3v) is 5.29. The Balaban J connectivity index is 1.96. The van der Waals surface area contributed by atoms with E-state index in [-0.39, 0.29) is 0 Å². The van der Waals surface area contributed by atoms with Crippen LogP contribution in [-0.2, 0) is 0 Å². The van der Waals surface area contributed by atoms with Crippen molar-refractivity contribution in [3.63, 3.8) is 0 Å². The molecule has 1 nitrogen and oxygen atoms in total. The van der Waals surface area contributed by atoms with Crippen molar-refractivity contribution in [2.75, 3.05) is 0 Å². The lowest BCUT2D eigenvalue weighted by molar-refractivity contribution is 0.738. The summed E-state index contributed by atoms with van der Waals surface area (Å²) in [6.07, 6.45) is 17.6. The number of nitrogens with zero attached hydrogens (tertiary/aromatic N) is 1. The van der Waals surface area contributed by atoms with E-state index in [4.69, 9.17) is 0 Å². The summed E-state index contributed by atoms with van der Waals surface area (Å²) < 4.78 is 2.44. The summed E-state index contributed by atoms with van der Waals surface area (Å²) in [5, 5.41) is 0. The van der Waals surface area contributed by atoms with E-state index in [1.165, 1.54) is 73.7 Å². The lowest BCUT2D eigenvalue weighted by Crippen LogP contribution is -1.97. The van der Waals surface area contributed by atoms with Gasteiger partial charge in [0.1, 0.15) is 0 Å². The predicted octanol–water partition coefficient (Wildman–Crippen LogP) is 6.16. The average molecular weight is 291 g/mol. The van der Waals surface area contributed by atoms with Crippen LogP contribution in [0.3, 0.4) is 0 Å².